The van der Waals surface area contributed by atoms with Crippen molar-refractivity contribution < 1.29 is 23.5 Å². The number of ether oxygens (including phenoxy) is 1. The van der Waals surface area contributed by atoms with Crippen molar-refractivity contribution in [1.29, 1.82) is 0 Å². The molecule has 2 heterocycles. The fourth-order valence-electron chi connectivity index (χ4n) is 2.58. The van der Waals surface area contributed by atoms with Gasteiger partial charge in [-0.25, -0.2) is 14.1 Å². The number of hydrogen-bond acceptors (Lipinski definition) is 7. The van der Waals surface area contributed by atoms with Crippen molar-refractivity contribution in [2.45, 2.75) is 6.04 Å². The quantitative estimate of drug-likeness (QED) is 0.447. The van der Waals surface area contributed by atoms with E-state index in [1.807, 2.05) is 0 Å². The molecule has 1 aromatic rings. The zero-order chi connectivity index (χ0) is 16.7. The lowest BCUT2D eigenvalue weighted by Gasteiger charge is -2.16. The van der Waals surface area contributed by atoms with Gasteiger partial charge in [0.2, 0.25) is 5.91 Å². The van der Waals surface area contributed by atoms with Gasteiger partial charge >= 0.3 is 5.97 Å². The number of carbonyl (C=O) groups excluding carboxylic acids is 3. The van der Waals surface area contributed by atoms with Crippen LogP contribution in [0.5, 0.6) is 0 Å². The summed E-state index contributed by atoms with van der Waals surface area (Å²) in [5, 5.41) is 6.60. The van der Waals surface area contributed by atoms with Gasteiger partial charge in [-0.05, 0) is 24.3 Å². The average molecular weight is 320 g/mol. The molecule has 9 nitrogen and oxygen atoms in total. The molecule has 0 aromatic heterocycles. The number of fused-ring (bicyclic) bond motifs is 1. The van der Waals surface area contributed by atoms with E-state index in [1.54, 1.807) is 0 Å². The summed E-state index contributed by atoms with van der Waals surface area (Å²) < 4.78 is 17.5. The number of benzene rings is 1. The number of hydrogen-bond donors (Lipinski definition) is 0. The SMILES string of the molecule is COC(=O)C1=NN(N=O)[C@@H]2C(=O)N(c3ccc(F)cc3)C(=O)[C@H]12. The maximum Gasteiger partial charge on any atom is 0.355 e. The summed E-state index contributed by atoms with van der Waals surface area (Å²) in [5.74, 6) is -4.32. The van der Waals surface area contributed by atoms with Crippen molar-refractivity contribution in [2.24, 2.45) is 16.3 Å². The largest absolute Gasteiger partial charge is 0.464 e. The van der Waals surface area contributed by atoms with Gasteiger partial charge in [-0.15, -0.1) is 15.1 Å². The number of carbonyl (C=O) groups is 3. The number of anilines is 1. The normalized spacial score (nSPS) is 23.0. The van der Waals surface area contributed by atoms with Gasteiger partial charge < -0.3 is 4.74 Å². The molecule has 0 radical (unpaired) electrons. The lowest BCUT2D eigenvalue weighted by molar-refractivity contribution is -0.133. The van der Waals surface area contributed by atoms with E-state index in [0.29, 0.717) is 5.12 Å². The molecule has 0 aliphatic carbocycles. The number of nitrogens with zero attached hydrogens (tertiary/aromatic N) is 4. The standard InChI is InChI=1S/C13H9FN4O5/c1-23-13(21)9-8-10(18(15-9)16-22)12(20)17(11(8)19)7-4-2-6(14)3-5-7/h2-5,8,10H,1H3/t8-,10+/m1/s1. The number of esters is 1. The highest BCUT2D eigenvalue weighted by Crippen LogP contribution is 2.35. The van der Waals surface area contributed by atoms with E-state index in [9.17, 15) is 23.7 Å². The molecular weight excluding hydrogens is 311 g/mol. The van der Waals surface area contributed by atoms with Crippen LogP contribution in [0.15, 0.2) is 34.7 Å². The Balaban J connectivity index is 2.03. The van der Waals surface area contributed by atoms with Crippen LogP contribution in [0, 0.1) is 16.6 Å². The number of hydrazone groups is 1. The van der Waals surface area contributed by atoms with Gasteiger partial charge in [0.05, 0.1) is 18.1 Å². The molecule has 0 spiro atoms. The van der Waals surface area contributed by atoms with E-state index in [0.717, 1.165) is 24.1 Å². The molecular formula is C13H9FN4O5. The van der Waals surface area contributed by atoms with Gasteiger partial charge in [-0.2, -0.15) is 0 Å². The highest BCUT2D eigenvalue weighted by Gasteiger charge is 2.59. The summed E-state index contributed by atoms with van der Waals surface area (Å²) in [6.45, 7) is 0. The van der Waals surface area contributed by atoms with E-state index < -0.39 is 35.6 Å². The molecule has 118 valence electrons. The highest BCUT2D eigenvalue weighted by atomic mass is 19.1. The third-order valence-corrected chi connectivity index (χ3v) is 3.59. The van der Waals surface area contributed by atoms with Crippen LogP contribution in [0.4, 0.5) is 10.1 Å². The van der Waals surface area contributed by atoms with Gasteiger partial charge in [-0.1, -0.05) is 0 Å². The molecule has 2 amide bonds. The smallest absolute Gasteiger partial charge is 0.355 e. The fourth-order valence-corrected chi connectivity index (χ4v) is 2.58. The third kappa shape index (κ3) is 2.06. The van der Waals surface area contributed by atoms with Crippen LogP contribution >= 0.6 is 0 Å². The minimum atomic E-state index is -1.35. The Kier molecular flexibility index (Phi) is 3.36. The van der Waals surface area contributed by atoms with E-state index in [1.165, 1.54) is 12.1 Å². The Morgan fingerprint density at radius 2 is 1.91 bits per heavy atom. The van der Waals surface area contributed by atoms with Crippen LogP contribution in [0.1, 0.15) is 0 Å². The first-order chi connectivity index (χ1) is 11.0. The molecule has 0 N–H and O–H groups in total. The molecule has 1 saturated heterocycles. The predicted octanol–water partition coefficient (Wildman–Crippen LogP) is 0.210. The molecule has 0 saturated carbocycles. The zero-order valence-electron chi connectivity index (χ0n) is 11.7. The summed E-state index contributed by atoms with van der Waals surface area (Å²) in [7, 11) is 1.08. The third-order valence-electron chi connectivity index (χ3n) is 3.59. The second-order valence-electron chi connectivity index (χ2n) is 4.79. The van der Waals surface area contributed by atoms with Crippen molar-refractivity contribution in [2.75, 3.05) is 12.0 Å². The van der Waals surface area contributed by atoms with Crippen molar-refractivity contribution in [3.8, 4) is 0 Å². The molecule has 10 heteroatoms. The topological polar surface area (TPSA) is 109 Å². The van der Waals surface area contributed by atoms with Crippen LogP contribution in [-0.4, -0.2) is 41.8 Å². The van der Waals surface area contributed by atoms with E-state index in [-0.39, 0.29) is 11.4 Å². The summed E-state index contributed by atoms with van der Waals surface area (Å²) in [5.41, 5.74) is -0.258. The lowest BCUT2D eigenvalue weighted by Crippen LogP contribution is -2.36. The van der Waals surface area contributed by atoms with Gasteiger partial charge in [0, 0.05) is 0 Å². The van der Waals surface area contributed by atoms with E-state index >= 15 is 0 Å². The summed E-state index contributed by atoms with van der Waals surface area (Å²) in [6.07, 6.45) is 0. The minimum absolute atomic E-state index is 0.117. The zero-order valence-corrected chi connectivity index (χ0v) is 11.7. The highest BCUT2D eigenvalue weighted by molar-refractivity contribution is 6.46. The molecule has 2 aliphatic heterocycles. The molecule has 0 unspecified atom stereocenters. The van der Waals surface area contributed by atoms with Crippen molar-refractivity contribution in [1.82, 2.24) is 5.12 Å². The number of nitroso groups, excluding NO2 is 1. The monoisotopic (exact) mass is 320 g/mol. The Morgan fingerprint density at radius 3 is 2.48 bits per heavy atom. The fraction of sp³-hybridized carbons (Fsp3) is 0.231. The predicted molar refractivity (Wildman–Crippen MR) is 73.3 cm³/mol. The van der Waals surface area contributed by atoms with Gasteiger partial charge in [0.1, 0.15) is 11.7 Å². The van der Waals surface area contributed by atoms with Crippen LogP contribution in [0.25, 0.3) is 0 Å². The Morgan fingerprint density at radius 1 is 1.26 bits per heavy atom. The first kappa shape index (κ1) is 14.8. The number of halogens is 1. The summed E-state index contributed by atoms with van der Waals surface area (Å²) >= 11 is 0. The Bertz CT molecular complexity index is 747. The molecule has 2 aliphatic rings. The van der Waals surface area contributed by atoms with E-state index in [4.69, 9.17) is 0 Å². The second kappa shape index (κ2) is 5.23. The maximum atomic E-state index is 13.0. The molecule has 1 fully saturated rings. The Labute approximate surface area is 128 Å². The van der Waals surface area contributed by atoms with Crippen LogP contribution in [0.2, 0.25) is 0 Å². The number of methoxy groups -OCH3 is 1. The number of rotatable bonds is 3. The number of amides is 2. The molecule has 0 bridgehead atoms. The van der Waals surface area contributed by atoms with Crippen LogP contribution in [-0.2, 0) is 19.1 Å². The first-order valence-electron chi connectivity index (χ1n) is 6.42. The first-order valence-corrected chi connectivity index (χ1v) is 6.42. The molecule has 2 atom stereocenters. The molecule has 23 heavy (non-hydrogen) atoms. The van der Waals surface area contributed by atoms with Crippen molar-refractivity contribution >= 4 is 29.2 Å². The van der Waals surface area contributed by atoms with Gasteiger partial charge in [0.25, 0.3) is 5.91 Å². The Hall–Kier alpha value is -3.17. The molecule has 1 aromatic carbocycles. The van der Waals surface area contributed by atoms with Crippen LogP contribution < -0.4 is 4.90 Å². The maximum absolute atomic E-state index is 13.0. The van der Waals surface area contributed by atoms with Crippen molar-refractivity contribution in [3.63, 3.8) is 0 Å². The second-order valence-corrected chi connectivity index (χ2v) is 4.79. The van der Waals surface area contributed by atoms with Crippen LogP contribution in [0.3, 0.4) is 0 Å². The molecule has 3 rings (SSSR count). The minimum Gasteiger partial charge on any atom is -0.464 e. The summed E-state index contributed by atoms with van der Waals surface area (Å²) in [6, 6.07) is 3.28. The van der Waals surface area contributed by atoms with Crippen molar-refractivity contribution in [3.05, 3.63) is 35.0 Å². The van der Waals surface area contributed by atoms with Gasteiger partial charge in [0.15, 0.2) is 11.8 Å². The average Bonchev–Trinajstić information content (AvgIpc) is 3.05. The summed E-state index contributed by atoms with van der Waals surface area (Å²) in [4.78, 5) is 48.3. The number of imide groups is 1. The van der Waals surface area contributed by atoms with E-state index in [2.05, 4.69) is 15.1 Å². The lowest BCUT2D eigenvalue weighted by atomic mass is 9.98. The van der Waals surface area contributed by atoms with Gasteiger partial charge in [-0.3, -0.25) is 9.59 Å².